The summed E-state index contributed by atoms with van der Waals surface area (Å²) in [4.78, 5) is 26.3. The van der Waals surface area contributed by atoms with Crippen molar-refractivity contribution in [2.45, 2.75) is 77.2 Å². The Labute approximate surface area is 144 Å². The molecule has 23 heavy (non-hydrogen) atoms. The van der Waals surface area contributed by atoms with E-state index in [0.29, 0.717) is 19.5 Å². The van der Waals surface area contributed by atoms with Crippen LogP contribution in [0, 0.1) is 0 Å². The van der Waals surface area contributed by atoms with Crippen LogP contribution in [-0.4, -0.2) is 52.1 Å². The SMILES string of the molecule is CC(C)(C)OC(=O)N1CCCC[C@H]1C(=O)NCCSC(C)(C)C. The highest BCUT2D eigenvalue weighted by Crippen LogP contribution is 2.23. The topological polar surface area (TPSA) is 58.6 Å². The third-order valence-corrected chi connectivity index (χ3v) is 4.64. The molecule has 0 aromatic heterocycles. The fourth-order valence-corrected chi connectivity index (χ4v) is 3.21. The lowest BCUT2D eigenvalue weighted by atomic mass is 10.0. The molecule has 1 saturated heterocycles. The quantitative estimate of drug-likeness (QED) is 0.794. The zero-order valence-electron chi connectivity index (χ0n) is 15.4. The molecule has 0 saturated carbocycles. The number of ether oxygens (including phenoxy) is 1. The van der Waals surface area contributed by atoms with Crippen molar-refractivity contribution in [2.24, 2.45) is 0 Å². The number of hydrogen-bond donors (Lipinski definition) is 1. The first-order valence-corrected chi connectivity index (χ1v) is 9.39. The van der Waals surface area contributed by atoms with E-state index in [1.807, 2.05) is 32.5 Å². The van der Waals surface area contributed by atoms with Gasteiger partial charge in [0, 0.05) is 23.6 Å². The van der Waals surface area contributed by atoms with E-state index in [1.54, 1.807) is 4.90 Å². The van der Waals surface area contributed by atoms with Crippen LogP contribution in [0.1, 0.15) is 60.8 Å². The number of amides is 2. The number of carbonyl (C=O) groups excluding carboxylic acids is 2. The number of hydrogen-bond acceptors (Lipinski definition) is 4. The van der Waals surface area contributed by atoms with Crippen molar-refractivity contribution in [1.29, 1.82) is 0 Å². The van der Waals surface area contributed by atoms with Crippen LogP contribution in [0.5, 0.6) is 0 Å². The van der Waals surface area contributed by atoms with Crippen molar-refractivity contribution in [3.8, 4) is 0 Å². The van der Waals surface area contributed by atoms with E-state index in [9.17, 15) is 9.59 Å². The van der Waals surface area contributed by atoms with Gasteiger partial charge in [-0.05, 0) is 40.0 Å². The van der Waals surface area contributed by atoms with Crippen molar-refractivity contribution in [3.05, 3.63) is 0 Å². The molecule has 1 atom stereocenters. The van der Waals surface area contributed by atoms with Crippen molar-refractivity contribution >= 4 is 23.8 Å². The maximum Gasteiger partial charge on any atom is 0.410 e. The first kappa shape index (κ1) is 20.1. The summed E-state index contributed by atoms with van der Waals surface area (Å²) < 4.78 is 5.62. The number of rotatable bonds is 4. The highest BCUT2D eigenvalue weighted by Gasteiger charge is 2.34. The molecule has 0 unspecified atom stereocenters. The Hall–Kier alpha value is -0.910. The molecule has 6 heteroatoms. The second-order valence-corrected chi connectivity index (χ2v) is 9.86. The molecule has 1 fully saturated rings. The second-order valence-electron chi connectivity index (χ2n) is 7.94. The standard InChI is InChI=1S/C17H32N2O3S/c1-16(2,3)22-15(21)19-11-8-7-9-13(19)14(20)18-10-12-23-17(4,5)6/h13H,7-12H2,1-6H3,(H,18,20)/t13-/m0/s1. The average molecular weight is 345 g/mol. The molecule has 1 N–H and O–H groups in total. The van der Waals surface area contributed by atoms with Gasteiger partial charge in [0.25, 0.3) is 0 Å². The van der Waals surface area contributed by atoms with Gasteiger partial charge in [-0.25, -0.2) is 4.79 Å². The second kappa shape index (κ2) is 8.27. The Morgan fingerprint density at radius 2 is 1.83 bits per heavy atom. The van der Waals surface area contributed by atoms with E-state index in [1.165, 1.54) is 0 Å². The first-order chi connectivity index (χ1) is 10.5. The average Bonchev–Trinajstić information content (AvgIpc) is 2.40. The van der Waals surface area contributed by atoms with Gasteiger partial charge in [0.15, 0.2) is 0 Å². The van der Waals surface area contributed by atoms with Gasteiger partial charge < -0.3 is 10.1 Å². The molecule has 0 aliphatic carbocycles. The van der Waals surface area contributed by atoms with Gasteiger partial charge in [-0.15, -0.1) is 0 Å². The summed E-state index contributed by atoms with van der Waals surface area (Å²) in [5.74, 6) is 0.805. The minimum absolute atomic E-state index is 0.0648. The van der Waals surface area contributed by atoms with Gasteiger partial charge in [0.05, 0.1) is 0 Å². The molecule has 1 rings (SSSR count). The predicted octanol–water partition coefficient (Wildman–Crippen LogP) is 3.42. The minimum Gasteiger partial charge on any atom is -0.444 e. The molecule has 0 radical (unpaired) electrons. The van der Waals surface area contributed by atoms with Crippen molar-refractivity contribution < 1.29 is 14.3 Å². The molecule has 0 aromatic carbocycles. The van der Waals surface area contributed by atoms with E-state index >= 15 is 0 Å². The van der Waals surface area contributed by atoms with E-state index in [2.05, 4.69) is 26.1 Å². The maximum absolute atomic E-state index is 12.4. The number of nitrogens with zero attached hydrogens (tertiary/aromatic N) is 1. The van der Waals surface area contributed by atoms with E-state index < -0.39 is 11.6 Å². The number of likely N-dealkylation sites (tertiary alicyclic amines) is 1. The summed E-state index contributed by atoms with van der Waals surface area (Å²) >= 11 is 1.82. The normalized spacial score (nSPS) is 19.4. The molecule has 1 heterocycles. The molecule has 134 valence electrons. The lowest BCUT2D eigenvalue weighted by molar-refractivity contribution is -0.127. The lowest BCUT2D eigenvalue weighted by Crippen LogP contribution is -2.53. The van der Waals surface area contributed by atoms with Gasteiger partial charge in [-0.1, -0.05) is 20.8 Å². The van der Waals surface area contributed by atoms with Crippen LogP contribution in [0.15, 0.2) is 0 Å². The first-order valence-electron chi connectivity index (χ1n) is 8.41. The highest BCUT2D eigenvalue weighted by atomic mass is 32.2. The minimum atomic E-state index is -0.543. The molecular formula is C17H32N2O3S. The monoisotopic (exact) mass is 344 g/mol. The van der Waals surface area contributed by atoms with Crippen LogP contribution in [0.3, 0.4) is 0 Å². The molecule has 1 aliphatic rings. The van der Waals surface area contributed by atoms with Gasteiger partial charge in [-0.2, -0.15) is 11.8 Å². The van der Waals surface area contributed by atoms with Crippen LogP contribution in [0.2, 0.25) is 0 Å². The summed E-state index contributed by atoms with van der Waals surface area (Å²) in [6.07, 6.45) is 2.20. The fourth-order valence-electron chi connectivity index (χ4n) is 2.39. The van der Waals surface area contributed by atoms with Crippen LogP contribution < -0.4 is 5.32 Å². The Bertz CT molecular complexity index is 413. The van der Waals surface area contributed by atoms with Crippen LogP contribution in [-0.2, 0) is 9.53 Å². The molecule has 0 bridgehead atoms. The third kappa shape index (κ3) is 7.95. The van der Waals surface area contributed by atoms with Crippen LogP contribution in [0.4, 0.5) is 4.79 Å². The Morgan fingerprint density at radius 3 is 2.39 bits per heavy atom. The molecule has 2 amide bonds. The van der Waals surface area contributed by atoms with Gasteiger partial charge in [-0.3, -0.25) is 9.69 Å². The number of piperidine rings is 1. The van der Waals surface area contributed by atoms with Crippen LogP contribution in [0.25, 0.3) is 0 Å². The van der Waals surface area contributed by atoms with E-state index in [4.69, 9.17) is 4.74 Å². The largest absolute Gasteiger partial charge is 0.444 e. The zero-order valence-corrected chi connectivity index (χ0v) is 16.2. The molecule has 0 aromatic rings. The van der Waals surface area contributed by atoms with Crippen molar-refractivity contribution in [3.63, 3.8) is 0 Å². The number of nitrogens with one attached hydrogen (secondary N) is 1. The molecule has 0 spiro atoms. The van der Waals surface area contributed by atoms with Crippen molar-refractivity contribution in [1.82, 2.24) is 10.2 Å². The summed E-state index contributed by atoms with van der Waals surface area (Å²) in [7, 11) is 0. The number of carbonyl (C=O) groups is 2. The van der Waals surface area contributed by atoms with Crippen LogP contribution >= 0.6 is 11.8 Å². The Kier molecular flexibility index (Phi) is 7.24. The summed E-state index contributed by atoms with van der Waals surface area (Å²) in [6.45, 7) is 13.2. The third-order valence-electron chi connectivity index (χ3n) is 3.37. The summed E-state index contributed by atoms with van der Waals surface area (Å²) in [5, 5.41) is 2.96. The van der Waals surface area contributed by atoms with Gasteiger partial charge >= 0.3 is 6.09 Å². The number of thioether (sulfide) groups is 1. The van der Waals surface area contributed by atoms with Gasteiger partial charge in [0.1, 0.15) is 11.6 Å². The zero-order chi connectivity index (χ0) is 17.7. The molecule has 1 aliphatic heterocycles. The molecule has 5 nitrogen and oxygen atoms in total. The Morgan fingerprint density at radius 1 is 1.17 bits per heavy atom. The van der Waals surface area contributed by atoms with E-state index in [-0.39, 0.29) is 16.7 Å². The van der Waals surface area contributed by atoms with Crippen molar-refractivity contribution in [2.75, 3.05) is 18.8 Å². The Balaban J connectivity index is 2.53. The van der Waals surface area contributed by atoms with E-state index in [0.717, 1.165) is 18.6 Å². The fraction of sp³-hybridized carbons (Fsp3) is 0.882. The highest BCUT2D eigenvalue weighted by molar-refractivity contribution is 8.00. The maximum atomic E-state index is 12.4. The molecular weight excluding hydrogens is 312 g/mol. The summed E-state index contributed by atoms with van der Waals surface area (Å²) in [6, 6.07) is -0.404. The van der Waals surface area contributed by atoms with Gasteiger partial charge in [0.2, 0.25) is 5.91 Å². The smallest absolute Gasteiger partial charge is 0.410 e. The lowest BCUT2D eigenvalue weighted by Gasteiger charge is -2.35. The predicted molar refractivity (Wildman–Crippen MR) is 95.8 cm³/mol. The summed E-state index contributed by atoms with van der Waals surface area (Å²) in [5.41, 5.74) is -0.543.